The van der Waals surface area contributed by atoms with Crippen LogP contribution in [0.15, 0.2) is 24.3 Å². The third-order valence-electron chi connectivity index (χ3n) is 5.24. The summed E-state index contributed by atoms with van der Waals surface area (Å²) in [6.45, 7) is 4.92. The van der Waals surface area contributed by atoms with Gasteiger partial charge >= 0.3 is 0 Å². The average Bonchev–Trinajstić information content (AvgIpc) is 3.17. The molecule has 2 aliphatic heterocycles. The van der Waals surface area contributed by atoms with E-state index in [9.17, 15) is 0 Å². The Balaban J connectivity index is 1.54. The van der Waals surface area contributed by atoms with Crippen LogP contribution in [-0.2, 0) is 6.54 Å². The van der Waals surface area contributed by atoms with Gasteiger partial charge in [0.1, 0.15) is 0 Å². The zero-order valence-electron chi connectivity index (χ0n) is 11.6. The fourth-order valence-corrected chi connectivity index (χ4v) is 4.05. The summed E-state index contributed by atoms with van der Waals surface area (Å²) < 4.78 is 0. The lowest BCUT2D eigenvalue weighted by atomic mass is 9.91. The molecular formula is C17H24N2. The van der Waals surface area contributed by atoms with E-state index in [2.05, 4.69) is 34.5 Å². The van der Waals surface area contributed by atoms with E-state index in [-0.39, 0.29) is 0 Å². The second-order valence-electron chi connectivity index (χ2n) is 6.57. The molecule has 1 aromatic carbocycles. The van der Waals surface area contributed by atoms with Crippen molar-refractivity contribution in [2.75, 3.05) is 19.6 Å². The van der Waals surface area contributed by atoms with Crippen LogP contribution in [0.5, 0.6) is 0 Å². The zero-order valence-corrected chi connectivity index (χ0v) is 11.6. The number of likely N-dealkylation sites (tertiary alicyclic amines) is 1. The van der Waals surface area contributed by atoms with Gasteiger partial charge in [-0.15, -0.1) is 0 Å². The Labute approximate surface area is 116 Å². The quantitative estimate of drug-likeness (QED) is 0.894. The highest BCUT2D eigenvalue weighted by Crippen LogP contribution is 2.42. The van der Waals surface area contributed by atoms with Gasteiger partial charge in [0.25, 0.3) is 0 Å². The predicted molar refractivity (Wildman–Crippen MR) is 78.2 cm³/mol. The fourth-order valence-electron chi connectivity index (χ4n) is 4.05. The van der Waals surface area contributed by atoms with Crippen molar-refractivity contribution in [1.82, 2.24) is 10.2 Å². The molecule has 3 fully saturated rings. The van der Waals surface area contributed by atoms with Crippen LogP contribution in [0, 0.1) is 5.92 Å². The van der Waals surface area contributed by atoms with E-state index in [0.29, 0.717) is 0 Å². The van der Waals surface area contributed by atoms with Crippen LogP contribution in [0.3, 0.4) is 0 Å². The number of fused-ring (bicyclic) bond motifs is 1. The van der Waals surface area contributed by atoms with Gasteiger partial charge in [0.05, 0.1) is 0 Å². The molecule has 2 heterocycles. The standard InChI is InChI=1S/C17H24N2/c1-2-6-16(13-7-8-13)15(4-1)12-19-9-3-5-14-10-18-11-17(14)19/h1-2,4,6,13-14,17-18H,3,5,7-12H2. The van der Waals surface area contributed by atoms with Crippen molar-refractivity contribution in [2.24, 2.45) is 5.92 Å². The molecule has 102 valence electrons. The minimum atomic E-state index is 0.793. The second-order valence-corrected chi connectivity index (χ2v) is 6.57. The number of benzene rings is 1. The van der Waals surface area contributed by atoms with Crippen molar-refractivity contribution in [3.8, 4) is 0 Å². The lowest BCUT2D eigenvalue weighted by Crippen LogP contribution is -2.44. The van der Waals surface area contributed by atoms with E-state index in [1.54, 1.807) is 11.1 Å². The molecule has 0 amide bonds. The van der Waals surface area contributed by atoms with Gasteiger partial charge in [0, 0.05) is 19.1 Å². The molecule has 0 aromatic heterocycles. The summed E-state index contributed by atoms with van der Waals surface area (Å²) in [6, 6.07) is 9.95. The van der Waals surface area contributed by atoms with Crippen LogP contribution in [0.25, 0.3) is 0 Å². The summed E-state index contributed by atoms with van der Waals surface area (Å²) in [5, 5.41) is 3.59. The second kappa shape index (κ2) is 4.92. The third-order valence-corrected chi connectivity index (χ3v) is 5.24. The topological polar surface area (TPSA) is 15.3 Å². The van der Waals surface area contributed by atoms with Crippen molar-refractivity contribution < 1.29 is 0 Å². The largest absolute Gasteiger partial charge is 0.315 e. The van der Waals surface area contributed by atoms with Gasteiger partial charge in [-0.05, 0) is 61.7 Å². The molecule has 1 aromatic rings. The SMILES string of the molecule is c1ccc(C2CC2)c(CN2CCCC3CNCC32)c1. The summed E-state index contributed by atoms with van der Waals surface area (Å²) in [5.41, 5.74) is 3.23. The van der Waals surface area contributed by atoms with Crippen LogP contribution in [0.1, 0.15) is 42.7 Å². The molecule has 1 aliphatic carbocycles. The van der Waals surface area contributed by atoms with Gasteiger partial charge in [0.15, 0.2) is 0 Å². The summed E-state index contributed by atoms with van der Waals surface area (Å²) in [6.07, 6.45) is 5.63. The maximum Gasteiger partial charge on any atom is 0.0264 e. The third kappa shape index (κ3) is 2.32. The van der Waals surface area contributed by atoms with Crippen molar-refractivity contribution in [1.29, 1.82) is 0 Å². The monoisotopic (exact) mass is 256 g/mol. The van der Waals surface area contributed by atoms with Gasteiger partial charge in [-0.3, -0.25) is 4.90 Å². The van der Waals surface area contributed by atoms with E-state index >= 15 is 0 Å². The summed E-state index contributed by atoms with van der Waals surface area (Å²) in [7, 11) is 0. The maximum absolute atomic E-state index is 3.59. The van der Waals surface area contributed by atoms with E-state index in [0.717, 1.165) is 17.9 Å². The molecule has 2 heteroatoms. The van der Waals surface area contributed by atoms with Crippen LogP contribution in [0.4, 0.5) is 0 Å². The Bertz CT molecular complexity index is 452. The van der Waals surface area contributed by atoms with Crippen molar-refractivity contribution in [2.45, 2.75) is 44.2 Å². The Morgan fingerprint density at radius 3 is 2.89 bits per heavy atom. The molecule has 2 nitrogen and oxygen atoms in total. The highest BCUT2D eigenvalue weighted by molar-refractivity contribution is 5.33. The van der Waals surface area contributed by atoms with Gasteiger partial charge < -0.3 is 5.32 Å². The number of rotatable bonds is 3. The molecule has 2 atom stereocenters. The first-order valence-electron chi connectivity index (χ1n) is 7.94. The van der Waals surface area contributed by atoms with E-state index in [1.165, 1.54) is 51.9 Å². The Hall–Kier alpha value is -0.860. The summed E-state index contributed by atoms with van der Waals surface area (Å²) in [5.74, 6) is 1.78. The maximum atomic E-state index is 3.59. The molecule has 4 rings (SSSR count). The van der Waals surface area contributed by atoms with Gasteiger partial charge in [-0.1, -0.05) is 24.3 Å². The van der Waals surface area contributed by atoms with Crippen molar-refractivity contribution >= 4 is 0 Å². The van der Waals surface area contributed by atoms with Crippen molar-refractivity contribution in [3.63, 3.8) is 0 Å². The molecule has 0 bridgehead atoms. The van der Waals surface area contributed by atoms with Gasteiger partial charge in [0.2, 0.25) is 0 Å². The molecule has 0 radical (unpaired) electrons. The first-order valence-corrected chi connectivity index (χ1v) is 7.94. The predicted octanol–water partition coefficient (Wildman–Crippen LogP) is 2.75. The lowest BCUT2D eigenvalue weighted by molar-refractivity contribution is 0.117. The van der Waals surface area contributed by atoms with Gasteiger partial charge in [-0.2, -0.15) is 0 Å². The molecule has 2 unspecified atom stereocenters. The molecule has 3 aliphatic rings. The number of hydrogen-bond donors (Lipinski definition) is 1. The highest BCUT2D eigenvalue weighted by Gasteiger charge is 2.35. The van der Waals surface area contributed by atoms with Crippen LogP contribution >= 0.6 is 0 Å². The van der Waals surface area contributed by atoms with E-state index in [4.69, 9.17) is 0 Å². The number of nitrogens with one attached hydrogen (secondary N) is 1. The summed E-state index contributed by atoms with van der Waals surface area (Å²) >= 11 is 0. The molecule has 0 spiro atoms. The minimum absolute atomic E-state index is 0.793. The lowest BCUT2D eigenvalue weighted by Gasteiger charge is -2.37. The zero-order chi connectivity index (χ0) is 12.7. The van der Waals surface area contributed by atoms with E-state index in [1.807, 2.05) is 0 Å². The number of hydrogen-bond acceptors (Lipinski definition) is 2. The molecule has 1 saturated carbocycles. The molecular weight excluding hydrogens is 232 g/mol. The first-order chi connectivity index (χ1) is 9.42. The fraction of sp³-hybridized carbons (Fsp3) is 0.647. The summed E-state index contributed by atoms with van der Waals surface area (Å²) in [4.78, 5) is 2.75. The Morgan fingerprint density at radius 2 is 2.00 bits per heavy atom. The van der Waals surface area contributed by atoms with Crippen LogP contribution in [-0.4, -0.2) is 30.6 Å². The van der Waals surface area contributed by atoms with Crippen LogP contribution < -0.4 is 5.32 Å². The van der Waals surface area contributed by atoms with E-state index < -0.39 is 0 Å². The smallest absolute Gasteiger partial charge is 0.0264 e. The van der Waals surface area contributed by atoms with Crippen molar-refractivity contribution in [3.05, 3.63) is 35.4 Å². The highest BCUT2D eigenvalue weighted by atomic mass is 15.2. The average molecular weight is 256 g/mol. The number of nitrogens with zero attached hydrogens (tertiary/aromatic N) is 1. The van der Waals surface area contributed by atoms with Crippen LogP contribution in [0.2, 0.25) is 0 Å². The Kier molecular flexibility index (Phi) is 3.08. The minimum Gasteiger partial charge on any atom is -0.315 e. The first kappa shape index (κ1) is 11.9. The van der Waals surface area contributed by atoms with Gasteiger partial charge in [-0.25, -0.2) is 0 Å². The molecule has 2 saturated heterocycles. The number of piperidine rings is 1. The molecule has 1 N–H and O–H groups in total. The molecule has 19 heavy (non-hydrogen) atoms. The Morgan fingerprint density at radius 1 is 1.11 bits per heavy atom. The normalized spacial score (nSPS) is 31.4.